The quantitative estimate of drug-likeness (QED) is 0.593. The molecule has 1 aliphatic heterocycles. The zero-order valence-corrected chi connectivity index (χ0v) is 15.4. The van der Waals surface area contributed by atoms with Crippen LogP contribution in [-0.2, 0) is 34.8 Å². The van der Waals surface area contributed by atoms with E-state index >= 15 is 0 Å². The average Bonchev–Trinajstić information content (AvgIpc) is 3.07. The number of hydrogen-bond donors (Lipinski definition) is 1. The van der Waals surface area contributed by atoms with Crippen molar-refractivity contribution in [3.63, 3.8) is 0 Å². The van der Waals surface area contributed by atoms with Crippen LogP contribution in [0.2, 0.25) is 0 Å². The highest BCUT2D eigenvalue weighted by molar-refractivity contribution is 5.91. The fourth-order valence-electron chi connectivity index (χ4n) is 3.28. The van der Waals surface area contributed by atoms with Gasteiger partial charge in [0, 0.05) is 6.04 Å². The molecule has 0 aromatic heterocycles. The van der Waals surface area contributed by atoms with E-state index in [1.807, 2.05) is 0 Å². The van der Waals surface area contributed by atoms with Crippen molar-refractivity contribution < 1.29 is 41.8 Å². The number of esters is 3. The number of benzene rings is 1. The van der Waals surface area contributed by atoms with Crippen molar-refractivity contribution in [3.05, 3.63) is 35.4 Å². The minimum atomic E-state index is -4.52. The maximum Gasteiger partial charge on any atom is 0.416 e. The third-order valence-electron chi connectivity index (χ3n) is 4.55. The molecule has 0 amide bonds. The number of alkyl halides is 3. The molecule has 28 heavy (non-hydrogen) atoms. The summed E-state index contributed by atoms with van der Waals surface area (Å²) in [5.74, 6) is -4.87. The third kappa shape index (κ3) is 4.27. The van der Waals surface area contributed by atoms with Crippen LogP contribution in [0.25, 0.3) is 0 Å². The number of halogens is 3. The summed E-state index contributed by atoms with van der Waals surface area (Å²) in [5, 5.41) is 2.82. The molecule has 1 aromatic rings. The second-order valence-electron chi connectivity index (χ2n) is 6.09. The van der Waals surface area contributed by atoms with Crippen LogP contribution in [-0.4, -0.2) is 44.8 Å². The number of carbonyl (C=O) groups excluding carboxylic acids is 3. The molecule has 0 unspecified atom stereocenters. The first-order valence-electron chi connectivity index (χ1n) is 8.41. The van der Waals surface area contributed by atoms with E-state index in [1.54, 1.807) is 6.92 Å². The Morgan fingerprint density at radius 3 is 1.96 bits per heavy atom. The summed E-state index contributed by atoms with van der Waals surface area (Å²) in [6.07, 6.45) is -4.52. The first kappa shape index (κ1) is 21.7. The van der Waals surface area contributed by atoms with Crippen LogP contribution in [0.5, 0.6) is 0 Å². The van der Waals surface area contributed by atoms with Crippen LogP contribution < -0.4 is 5.32 Å². The van der Waals surface area contributed by atoms with E-state index in [4.69, 9.17) is 14.2 Å². The summed E-state index contributed by atoms with van der Waals surface area (Å²) in [5.41, 5.74) is -0.584. The van der Waals surface area contributed by atoms with Gasteiger partial charge in [-0.3, -0.25) is 19.7 Å². The molecule has 0 aliphatic carbocycles. The van der Waals surface area contributed by atoms with Crippen molar-refractivity contribution in [2.45, 2.75) is 25.2 Å². The van der Waals surface area contributed by atoms with E-state index in [2.05, 4.69) is 5.32 Å². The third-order valence-corrected chi connectivity index (χ3v) is 4.55. The van der Waals surface area contributed by atoms with Gasteiger partial charge < -0.3 is 14.2 Å². The second-order valence-corrected chi connectivity index (χ2v) is 6.09. The van der Waals surface area contributed by atoms with E-state index < -0.39 is 53.6 Å². The van der Waals surface area contributed by atoms with Gasteiger partial charge in [0.25, 0.3) is 0 Å². The molecular weight excluding hydrogens is 383 g/mol. The molecule has 1 aromatic carbocycles. The van der Waals surface area contributed by atoms with Crippen LogP contribution in [0, 0.1) is 11.8 Å². The van der Waals surface area contributed by atoms with Crippen molar-refractivity contribution in [1.82, 2.24) is 5.32 Å². The van der Waals surface area contributed by atoms with Gasteiger partial charge in [0.1, 0.15) is 6.04 Å². The van der Waals surface area contributed by atoms with Crippen LogP contribution in [0.4, 0.5) is 13.2 Å². The SMILES string of the molecule is CCOC(=O)[C@@H]1N[C@H](c2ccc(C(F)(F)F)cc2)[C@H](C(=O)OC)[C@@H]1C(=O)OC. The van der Waals surface area contributed by atoms with Crippen molar-refractivity contribution in [1.29, 1.82) is 0 Å². The van der Waals surface area contributed by atoms with Gasteiger partial charge in [-0.15, -0.1) is 0 Å². The highest BCUT2D eigenvalue weighted by Gasteiger charge is 2.55. The summed E-state index contributed by atoms with van der Waals surface area (Å²) >= 11 is 0. The summed E-state index contributed by atoms with van der Waals surface area (Å²) in [6.45, 7) is 1.61. The number of carbonyl (C=O) groups is 3. The normalized spacial score (nSPS) is 24.5. The largest absolute Gasteiger partial charge is 0.469 e. The molecule has 1 fully saturated rings. The Morgan fingerprint density at radius 2 is 1.50 bits per heavy atom. The van der Waals surface area contributed by atoms with Gasteiger partial charge in [0.05, 0.1) is 38.2 Å². The minimum absolute atomic E-state index is 0.0404. The second kappa shape index (κ2) is 8.59. The van der Waals surface area contributed by atoms with Crippen molar-refractivity contribution in [2.75, 3.05) is 20.8 Å². The summed E-state index contributed by atoms with van der Waals surface area (Å²) in [7, 11) is 2.21. The van der Waals surface area contributed by atoms with E-state index in [-0.39, 0.29) is 12.2 Å². The molecule has 1 aliphatic rings. The molecule has 0 radical (unpaired) electrons. The van der Waals surface area contributed by atoms with Crippen LogP contribution >= 0.6 is 0 Å². The smallest absolute Gasteiger partial charge is 0.416 e. The average molecular weight is 403 g/mol. The van der Waals surface area contributed by atoms with Gasteiger partial charge in [0.2, 0.25) is 0 Å². The standard InChI is InChI=1S/C18H20F3NO6/c1-4-28-17(25)14-12(16(24)27-3)11(15(23)26-2)13(22-14)9-5-7-10(8-6-9)18(19,20)21/h5-8,11-14,22H,4H2,1-3H3/t11-,12+,13-,14-/m1/s1. The van der Waals surface area contributed by atoms with Gasteiger partial charge in [-0.2, -0.15) is 13.2 Å². The fourth-order valence-corrected chi connectivity index (χ4v) is 3.28. The number of methoxy groups -OCH3 is 2. The lowest BCUT2D eigenvalue weighted by Gasteiger charge is -2.21. The predicted molar refractivity (Wildman–Crippen MR) is 88.8 cm³/mol. The molecule has 1 saturated heterocycles. The van der Waals surface area contributed by atoms with Crippen molar-refractivity contribution >= 4 is 17.9 Å². The molecule has 2 rings (SSSR count). The lowest BCUT2D eigenvalue weighted by atomic mass is 9.84. The Bertz CT molecular complexity index is 734. The van der Waals surface area contributed by atoms with E-state index in [0.29, 0.717) is 0 Å². The maximum atomic E-state index is 12.8. The maximum absolute atomic E-state index is 12.8. The molecule has 4 atom stereocenters. The van der Waals surface area contributed by atoms with Crippen LogP contribution in [0.15, 0.2) is 24.3 Å². The molecule has 0 saturated carbocycles. The first-order chi connectivity index (χ1) is 13.1. The zero-order chi connectivity index (χ0) is 21.1. The van der Waals surface area contributed by atoms with E-state index in [9.17, 15) is 27.6 Å². The van der Waals surface area contributed by atoms with Gasteiger partial charge in [0.15, 0.2) is 0 Å². The highest BCUT2D eigenvalue weighted by Crippen LogP contribution is 2.40. The summed E-state index contributed by atoms with van der Waals surface area (Å²) < 4.78 is 52.9. The first-order valence-corrected chi connectivity index (χ1v) is 8.41. The number of rotatable bonds is 5. The van der Waals surface area contributed by atoms with E-state index in [0.717, 1.165) is 26.4 Å². The van der Waals surface area contributed by atoms with Crippen molar-refractivity contribution in [2.24, 2.45) is 11.8 Å². The Balaban J connectivity index is 2.47. The molecule has 0 spiro atoms. The molecule has 1 N–H and O–H groups in total. The van der Waals surface area contributed by atoms with E-state index in [1.165, 1.54) is 12.1 Å². The minimum Gasteiger partial charge on any atom is -0.469 e. The Hall–Kier alpha value is -2.62. The molecule has 7 nitrogen and oxygen atoms in total. The summed E-state index contributed by atoms with van der Waals surface area (Å²) in [6, 6.07) is 1.90. The molecule has 0 bridgehead atoms. The lowest BCUT2D eigenvalue weighted by Crippen LogP contribution is -2.42. The molecule has 1 heterocycles. The van der Waals surface area contributed by atoms with Crippen LogP contribution in [0.1, 0.15) is 24.1 Å². The predicted octanol–water partition coefficient (Wildman–Crippen LogP) is 1.86. The van der Waals surface area contributed by atoms with Gasteiger partial charge in [-0.25, -0.2) is 0 Å². The topological polar surface area (TPSA) is 90.9 Å². The van der Waals surface area contributed by atoms with Gasteiger partial charge in [-0.05, 0) is 24.6 Å². The van der Waals surface area contributed by atoms with Crippen LogP contribution in [0.3, 0.4) is 0 Å². The Morgan fingerprint density at radius 1 is 0.964 bits per heavy atom. The fraction of sp³-hybridized carbons (Fsp3) is 0.500. The van der Waals surface area contributed by atoms with Gasteiger partial charge >= 0.3 is 24.1 Å². The lowest BCUT2D eigenvalue weighted by molar-refractivity contribution is -0.160. The number of ether oxygens (including phenoxy) is 3. The highest BCUT2D eigenvalue weighted by atomic mass is 19.4. The van der Waals surface area contributed by atoms with Crippen molar-refractivity contribution in [3.8, 4) is 0 Å². The van der Waals surface area contributed by atoms with Gasteiger partial charge in [-0.1, -0.05) is 12.1 Å². The molecular formula is C18H20F3NO6. The molecule has 10 heteroatoms. The number of hydrogen-bond acceptors (Lipinski definition) is 7. The Labute approximate surface area is 159 Å². The monoisotopic (exact) mass is 403 g/mol. The molecule has 154 valence electrons. The summed E-state index contributed by atoms with van der Waals surface area (Å²) in [4.78, 5) is 37.0. The Kier molecular flexibility index (Phi) is 6.65. The zero-order valence-electron chi connectivity index (χ0n) is 15.4. The number of nitrogens with one attached hydrogen (secondary N) is 1.